The second-order valence-corrected chi connectivity index (χ2v) is 5.26. The number of hydrogen-bond donors (Lipinski definition) is 1. The van der Waals surface area contributed by atoms with Crippen molar-refractivity contribution < 1.29 is 9.53 Å². The molecule has 0 unspecified atom stereocenters. The maximum Gasteiger partial charge on any atom is 0.275 e. The summed E-state index contributed by atoms with van der Waals surface area (Å²) < 4.78 is 8.48. The first-order valence-corrected chi connectivity index (χ1v) is 7.67. The molecule has 0 atom stereocenters. The van der Waals surface area contributed by atoms with E-state index in [4.69, 9.17) is 4.74 Å². The third-order valence-electron chi connectivity index (χ3n) is 3.57. The molecular formula is C17H19N5O2. The maximum absolute atomic E-state index is 12.7. The van der Waals surface area contributed by atoms with Crippen molar-refractivity contribution in [3.05, 3.63) is 53.9 Å². The van der Waals surface area contributed by atoms with Crippen molar-refractivity contribution in [1.82, 2.24) is 19.6 Å². The van der Waals surface area contributed by atoms with Gasteiger partial charge in [0.1, 0.15) is 11.5 Å². The molecule has 3 rings (SSSR count). The summed E-state index contributed by atoms with van der Waals surface area (Å²) in [6.45, 7) is 4.53. The molecule has 3 aromatic rings. The molecule has 0 fully saturated rings. The predicted octanol–water partition coefficient (Wildman–Crippen LogP) is 2.66. The first-order chi connectivity index (χ1) is 11.6. The van der Waals surface area contributed by atoms with E-state index in [9.17, 15) is 4.79 Å². The smallest absolute Gasteiger partial charge is 0.275 e. The molecule has 0 bridgehead atoms. The molecule has 1 aromatic carbocycles. The van der Waals surface area contributed by atoms with Gasteiger partial charge in [-0.3, -0.25) is 4.79 Å². The number of amides is 1. The van der Waals surface area contributed by atoms with Gasteiger partial charge in [0.15, 0.2) is 0 Å². The first-order valence-electron chi connectivity index (χ1n) is 7.67. The lowest BCUT2D eigenvalue weighted by Crippen LogP contribution is -2.19. The van der Waals surface area contributed by atoms with Crippen LogP contribution in [0, 0.1) is 6.92 Å². The summed E-state index contributed by atoms with van der Waals surface area (Å²) in [5.41, 5.74) is 2.02. The van der Waals surface area contributed by atoms with Crippen molar-refractivity contribution in [1.29, 1.82) is 0 Å². The number of aromatic nitrogens is 4. The van der Waals surface area contributed by atoms with Crippen LogP contribution in [0.2, 0.25) is 0 Å². The molecular weight excluding hydrogens is 306 g/mol. The highest BCUT2D eigenvalue weighted by atomic mass is 16.5. The minimum atomic E-state index is -0.274. The Bertz CT molecular complexity index is 851. The zero-order chi connectivity index (χ0) is 17.1. The van der Waals surface area contributed by atoms with E-state index in [0.29, 0.717) is 23.9 Å². The minimum Gasteiger partial charge on any atom is -0.480 e. The number of nitrogens with zero attached hydrogens (tertiary/aromatic N) is 4. The molecule has 7 nitrogen and oxygen atoms in total. The number of rotatable bonds is 5. The van der Waals surface area contributed by atoms with Gasteiger partial charge in [0.2, 0.25) is 5.88 Å². The van der Waals surface area contributed by atoms with E-state index in [-0.39, 0.29) is 5.91 Å². The monoisotopic (exact) mass is 325 g/mol. The first kappa shape index (κ1) is 15.8. The Morgan fingerprint density at radius 1 is 1.21 bits per heavy atom. The van der Waals surface area contributed by atoms with Crippen molar-refractivity contribution in [2.24, 2.45) is 0 Å². The Morgan fingerprint density at radius 3 is 2.62 bits per heavy atom. The molecule has 0 aliphatic heterocycles. The van der Waals surface area contributed by atoms with Crippen LogP contribution in [0.3, 0.4) is 0 Å². The number of benzene rings is 1. The molecule has 7 heteroatoms. The number of para-hydroxylation sites is 1. The van der Waals surface area contributed by atoms with E-state index < -0.39 is 0 Å². The van der Waals surface area contributed by atoms with E-state index in [1.54, 1.807) is 15.4 Å². The standard InChI is InChI=1S/C17H19N5O2/c1-4-21-15(10-12(2)19-21)18-17(23)14-11-16(24-3)20-22(14)13-8-6-5-7-9-13/h5-11H,4H2,1-3H3,(H,18,23). The van der Waals surface area contributed by atoms with Crippen LogP contribution in [0.1, 0.15) is 23.1 Å². The van der Waals surface area contributed by atoms with Gasteiger partial charge >= 0.3 is 0 Å². The number of carbonyl (C=O) groups is 1. The molecule has 2 heterocycles. The van der Waals surface area contributed by atoms with Gasteiger partial charge in [0, 0.05) is 18.7 Å². The lowest BCUT2D eigenvalue weighted by molar-refractivity contribution is 0.101. The Labute approximate surface area is 139 Å². The summed E-state index contributed by atoms with van der Waals surface area (Å²) in [7, 11) is 1.52. The lowest BCUT2D eigenvalue weighted by Gasteiger charge is -2.09. The Balaban J connectivity index is 1.96. The second kappa shape index (κ2) is 6.57. The highest BCUT2D eigenvalue weighted by Gasteiger charge is 2.18. The molecule has 2 aromatic heterocycles. The number of methoxy groups -OCH3 is 1. The third-order valence-corrected chi connectivity index (χ3v) is 3.57. The van der Waals surface area contributed by atoms with Crippen LogP contribution < -0.4 is 10.1 Å². The summed E-state index contributed by atoms with van der Waals surface area (Å²) in [6.07, 6.45) is 0. The zero-order valence-electron chi connectivity index (χ0n) is 13.9. The quantitative estimate of drug-likeness (QED) is 0.782. The average molecular weight is 325 g/mol. The van der Waals surface area contributed by atoms with Crippen molar-refractivity contribution in [2.75, 3.05) is 12.4 Å². The maximum atomic E-state index is 12.7. The fourth-order valence-corrected chi connectivity index (χ4v) is 2.45. The molecule has 124 valence electrons. The van der Waals surface area contributed by atoms with Crippen LogP contribution in [0.25, 0.3) is 5.69 Å². The van der Waals surface area contributed by atoms with Crippen LogP contribution in [-0.4, -0.2) is 32.6 Å². The Morgan fingerprint density at radius 2 is 1.96 bits per heavy atom. The number of anilines is 1. The van der Waals surface area contributed by atoms with Gasteiger partial charge in [-0.15, -0.1) is 5.10 Å². The summed E-state index contributed by atoms with van der Waals surface area (Å²) >= 11 is 0. The van der Waals surface area contributed by atoms with Crippen LogP contribution >= 0.6 is 0 Å². The number of hydrogen-bond acceptors (Lipinski definition) is 4. The van der Waals surface area contributed by atoms with Crippen LogP contribution in [0.5, 0.6) is 5.88 Å². The van der Waals surface area contributed by atoms with Gasteiger partial charge in [0.25, 0.3) is 5.91 Å². The second-order valence-electron chi connectivity index (χ2n) is 5.26. The normalized spacial score (nSPS) is 10.6. The number of nitrogens with one attached hydrogen (secondary N) is 1. The van der Waals surface area contributed by atoms with Crippen molar-refractivity contribution >= 4 is 11.7 Å². The fraction of sp³-hybridized carbons (Fsp3) is 0.235. The molecule has 0 radical (unpaired) electrons. The van der Waals surface area contributed by atoms with Gasteiger partial charge in [-0.05, 0) is 26.0 Å². The summed E-state index contributed by atoms with van der Waals surface area (Å²) in [4.78, 5) is 12.7. The van der Waals surface area contributed by atoms with Crippen LogP contribution in [0.4, 0.5) is 5.82 Å². The largest absolute Gasteiger partial charge is 0.480 e. The summed E-state index contributed by atoms with van der Waals surface area (Å²) in [5.74, 6) is 0.758. The molecule has 0 spiro atoms. The van der Waals surface area contributed by atoms with Crippen molar-refractivity contribution in [3.8, 4) is 11.6 Å². The van der Waals surface area contributed by atoms with Crippen LogP contribution in [0.15, 0.2) is 42.5 Å². The zero-order valence-corrected chi connectivity index (χ0v) is 13.9. The van der Waals surface area contributed by atoms with Gasteiger partial charge in [-0.2, -0.15) is 5.10 Å². The molecule has 0 aliphatic carbocycles. The molecule has 24 heavy (non-hydrogen) atoms. The van der Waals surface area contributed by atoms with Gasteiger partial charge < -0.3 is 10.1 Å². The molecule has 1 amide bonds. The third kappa shape index (κ3) is 3.01. The molecule has 0 aliphatic rings. The molecule has 1 N–H and O–H groups in total. The fourth-order valence-electron chi connectivity index (χ4n) is 2.45. The highest BCUT2D eigenvalue weighted by Crippen LogP contribution is 2.19. The van der Waals surface area contributed by atoms with Gasteiger partial charge in [-0.1, -0.05) is 18.2 Å². The highest BCUT2D eigenvalue weighted by molar-refractivity contribution is 6.03. The molecule has 0 saturated heterocycles. The Hall–Kier alpha value is -3.09. The van der Waals surface area contributed by atoms with Gasteiger partial charge in [0.05, 0.1) is 18.5 Å². The predicted molar refractivity (Wildman–Crippen MR) is 90.7 cm³/mol. The Kier molecular flexibility index (Phi) is 4.33. The van der Waals surface area contributed by atoms with E-state index >= 15 is 0 Å². The number of aryl methyl sites for hydroxylation is 2. The molecule has 0 saturated carbocycles. The van der Waals surface area contributed by atoms with E-state index in [2.05, 4.69) is 15.5 Å². The van der Waals surface area contributed by atoms with Crippen molar-refractivity contribution in [3.63, 3.8) is 0 Å². The summed E-state index contributed by atoms with van der Waals surface area (Å²) in [5, 5.41) is 11.5. The topological polar surface area (TPSA) is 74.0 Å². The van der Waals surface area contributed by atoms with Crippen molar-refractivity contribution in [2.45, 2.75) is 20.4 Å². The average Bonchev–Trinajstić information content (AvgIpc) is 3.19. The van der Waals surface area contributed by atoms with E-state index in [1.807, 2.05) is 50.2 Å². The lowest BCUT2D eigenvalue weighted by atomic mass is 10.3. The summed E-state index contributed by atoms with van der Waals surface area (Å²) in [6, 6.07) is 12.9. The SMILES string of the molecule is CCn1nc(C)cc1NC(=O)c1cc(OC)nn1-c1ccccc1. The van der Waals surface area contributed by atoms with Crippen LogP contribution in [-0.2, 0) is 6.54 Å². The number of ether oxygens (including phenoxy) is 1. The van der Waals surface area contributed by atoms with Gasteiger partial charge in [-0.25, -0.2) is 9.36 Å². The van der Waals surface area contributed by atoms with E-state index in [0.717, 1.165) is 11.4 Å². The number of carbonyl (C=O) groups excluding carboxylic acids is 1. The minimum absolute atomic E-state index is 0.274. The van der Waals surface area contributed by atoms with E-state index in [1.165, 1.54) is 7.11 Å².